The van der Waals surface area contributed by atoms with Crippen molar-refractivity contribution in [3.05, 3.63) is 42.7 Å². The van der Waals surface area contributed by atoms with E-state index in [0.29, 0.717) is 5.69 Å². The molecule has 11 nitrogen and oxygen atoms in total. The quantitative estimate of drug-likeness (QED) is 0.601. The summed E-state index contributed by atoms with van der Waals surface area (Å²) in [5, 5.41) is 15.7. The van der Waals surface area contributed by atoms with E-state index in [-0.39, 0.29) is 23.3 Å². The molecule has 1 aliphatic rings. The second-order valence-corrected chi connectivity index (χ2v) is 6.64. The lowest BCUT2D eigenvalue weighted by atomic mass is 10.1. The molecule has 4 heterocycles. The number of nitriles is 1. The largest absolute Gasteiger partial charge is 0.480 e. The summed E-state index contributed by atoms with van der Waals surface area (Å²) in [5.74, 6) is 0.832. The smallest absolute Gasteiger partial charge is 0.247 e. The third-order valence-electron chi connectivity index (χ3n) is 4.50. The van der Waals surface area contributed by atoms with Crippen LogP contribution < -0.4 is 20.7 Å². The number of anilines is 3. The number of nitrogens with two attached hydrogens (primary N) is 1. The highest BCUT2D eigenvalue weighted by Gasteiger charge is 2.15. The minimum Gasteiger partial charge on any atom is -0.480 e. The lowest BCUT2D eigenvalue weighted by molar-refractivity contribution is -0.111. The highest BCUT2D eigenvalue weighted by atomic mass is 16.5. The van der Waals surface area contributed by atoms with Crippen LogP contribution in [-0.2, 0) is 4.79 Å². The number of hydrogen-bond donors (Lipinski definition) is 2. The van der Waals surface area contributed by atoms with E-state index in [9.17, 15) is 4.79 Å². The van der Waals surface area contributed by atoms with Crippen molar-refractivity contribution >= 4 is 29.1 Å². The maximum atomic E-state index is 11.3. The number of rotatable bonds is 4. The minimum atomic E-state index is -0.235. The molecular formula is C20H23N9O2. The zero-order valence-electron chi connectivity index (χ0n) is 17.2. The van der Waals surface area contributed by atoms with E-state index in [0.717, 1.165) is 24.7 Å². The molecule has 160 valence electrons. The van der Waals surface area contributed by atoms with Crippen molar-refractivity contribution in [1.82, 2.24) is 24.6 Å². The minimum absolute atomic E-state index is 0.0980. The van der Waals surface area contributed by atoms with E-state index in [4.69, 9.17) is 15.7 Å². The number of aromatic nitrogens is 5. The van der Waals surface area contributed by atoms with Crippen LogP contribution in [0.25, 0.3) is 5.65 Å². The molecule has 0 atom stereocenters. The summed E-state index contributed by atoms with van der Waals surface area (Å²) in [6.45, 7) is 5.45. The van der Waals surface area contributed by atoms with Gasteiger partial charge in [0.1, 0.15) is 11.6 Å². The highest BCUT2D eigenvalue weighted by molar-refractivity contribution is 5.98. The summed E-state index contributed by atoms with van der Waals surface area (Å²) in [6.07, 6.45) is 7.98. The Kier molecular flexibility index (Phi) is 6.95. The van der Waals surface area contributed by atoms with Gasteiger partial charge in [-0.15, -0.1) is 5.10 Å². The van der Waals surface area contributed by atoms with Gasteiger partial charge in [-0.05, 0) is 37.5 Å². The maximum Gasteiger partial charge on any atom is 0.247 e. The molecule has 3 N–H and O–H groups in total. The summed E-state index contributed by atoms with van der Waals surface area (Å²) < 4.78 is 6.46. The monoisotopic (exact) mass is 421 g/mol. The maximum absolute atomic E-state index is 11.3. The van der Waals surface area contributed by atoms with Crippen LogP contribution in [-0.4, -0.2) is 50.7 Å². The molecule has 0 unspecified atom stereocenters. The van der Waals surface area contributed by atoms with Gasteiger partial charge in [-0.25, -0.2) is 9.50 Å². The standard InChI is InChI=1S/C14H17N5O.C6H6N4O/c1-2-13(20)15-11-6-7-12-16-14(17-19(12)10-11)18-8-4-3-5-9-18;1-11-5-4(2-7)3-9-6(8)10-5/h2,6-7,10H,1,3-5,8-9H2,(H,15,20);3H,1H3,(H2,8,9,10). The van der Waals surface area contributed by atoms with Crippen LogP contribution in [0, 0.1) is 11.3 Å². The molecule has 1 fully saturated rings. The Hall–Kier alpha value is -4.20. The van der Waals surface area contributed by atoms with Gasteiger partial charge in [0.2, 0.25) is 23.7 Å². The van der Waals surface area contributed by atoms with Crippen molar-refractivity contribution in [3.63, 3.8) is 0 Å². The number of ether oxygens (including phenoxy) is 1. The van der Waals surface area contributed by atoms with Gasteiger partial charge in [0.25, 0.3) is 0 Å². The third-order valence-corrected chi connectivity index (χ3v) is 4.50. The van der Waals surface area contributed by atoms with E-state index in [2.05, 4.69) is 36.8 Å². The van der Waals surface area contributed by atoms with E-state index in [1.54, 1.807) is 10.7 Å². The van der Waals surface area contributed by atoms with Crippen LogP contribution in [0.4, 0.5) is 17.6 Å². The number of amides is 1. The number of piperidine rings is 1. The number of fused-ring (bicyclic) bond motifs is 1. The average Bonchev–Trinajstić information content (AvgIpc) is 3.23. The Bertz CT molecular complexity index is 1110. The second kappa shape index (κ2) is 10.0. The van der Waals surface area contributed by atoms with Gasteiger partial charge < -0.3 is 20.7 Å². The van der Waals surface area contributed by atoms with Gasteiger partial charge in [0.15, 0.2) is 5.65 Å². The van der Waals surface area contributed by atoms with Gasteiger partial charge in [-0.3, -0.25) is 4.79 Å². The summed E-state index contributed by atoms with van der Waals surface area (Å²) in [6, 6.07) is 5.53. The summed E-state index contributed by atoms with van der Waals surface area (Å²) in [4.78, 5) is 25.3. The summed E-state index contributed by atoms with van der Waals surface area (Å²) >= 11 is 0. The summed E-state index contributed by atoms with van der Waals surface area (Å²) in [7, 11) is 1.42. The fraction of sp³-hybridized carbons (Fsp3) is 0.300. The predicted molar refractivity (Wildman–Crippen MR) is 116 cm³/mol. The number of carbonyl (C=O) groups is 1. The molecule has 0 aliphatic carbocycles. The van der Waals surface area contributed by atoms with Crippen LogP contribution in [0.2, 0.25) is 0 Å². The first-order valence-electron chi connectivity index (χ1n) is 9.65. The topological polar surface area (TPSA) is 147 Å². The Morgan fingerprint density at radius 3 is 2.77 bits per heavy atom. The Morgan fingerprint density at radius 1 is 1.32 bits per heavy atom. The zero-order chi connectivity index (χ0) is 22.2. The fourth-order valence-electron chi connectivity index (χ4n) is 2.98. The van der Waals surface area contributed by atoms with E-state index in [1.165, 1.54) is 38.6 Å². The molecule has 1 amide bonds. The Labute approximate surface area is 179 Å². The zero-order valence-corrected chi connectivity index (χ0v) is 17.2. The number of nitrogens with zero attached hydrogens (tertiary/aromatic N) is 7. The Morgan fingerprint density at radius 2 is 2.10 bits per heavy atom. The molecule has 0 saturated carbocycles. The van der Waals surface area contributed by atoms with E-state index < -0.39 is 0 Å². The van der Waals surface area contributed by atoms with Crippen molar-refractivity contribution < 1.29 is 9.53 Å². The lowest BCUT2D eigenvalue weighted by Crippen LogP contribution is -2.30. The first-order chi connectivity index (χ1) is 15.0. The predicted octanol–water partition coefficient (Wildman–Crippen LogP) is 1.78. The molecule has 0 bridgehead atoms. The number of methoxy groups -OCH3 is 1. The van der Waals surface area contributed by atoms with Crippen LogP contribution in [0.15, 0.2) is 37.2 Å². The number of nitrogens with one attached hydrogen (secondary N) is 1. The van der Waals surface area contributed by atoms with Crippen molar-refractivity contribution in [2.45, 2.75) is 19.3 Å². The Balaban J connectivity index is 0.000000210. The fourth-order valence-corrected chi connectivity index (χ4v) is 2.98. The molecule has 4 rings (SSSR count). The molecule has 3 aromatic heterocycles. The van der Waals surface area contributed by atoms with Gasteiger partial charge in [0, 0.05) is 13.1 Å². The van der Waals surface area contributed by atoms with Gasteiger partial charge in [-0.1, -0.05) is 6.58 Å². The molecule has 0 radical (unpaired) electrons. The molecule has 0 aromatic carbocycles. The first kappa shape index (κ1) is 21.5. The van der Waals surface area contributed by atoms with Gasteiger partial charge >= 0.3 is 0 Å². The second-order valence-electron chi connectivity index (χ2n) is 6.64. The van der Waals surface area contributed by atoms with Crippen LogP contribution in [0.5, 0.6) is 5.88 Å². The van der Waals surface area contributed by atoms with E-state index >= 15 is 0 Å². The van der Waals surface area contributed by atoms with Crippen molar-refractivity contribution in [3.8, 4) is 11.9 Å². The molecule has 0 spiro atoms. The van der Waals surface area contributed by atoms with Gasteiger partial charge in [0.05, 0.1) is 25.2 Å². The molecule has 11 heteroatoms. The lowest BCUT2D eigenvalue weighted by Gasteiger charge is -2.24. The number of pyridine rings is 1. The van der Waals surface area contributed by atoms with Crippen LogP contribution >= 0.6 is 0 Å². The molecule has 1 aliphatic heterocycles. The van der Waals surface area contributed by atoms with Crippen molar-refractivity contribution in [1.29, 1.82) is 5.26 Å². The van der Waals surface area contributed by atoms with Crippen LogP contribution in [0.3, 0.4) is 0 Å². The highest BCUT2D eigenvalue weighted by Crippen LogP contribution is 2.18. The van der Waals surface area contributed by atoms with Gasteiger partial charge in [-0.2, -0.15) is 15.2 Å². The SMILES string of the molecule is C=CC(=O)Nc1ccc2nc(N3CCCCC3)nn2c1.COc1nc(N)ncc1C#N. The number of hydrogen-bond acceptors (Lipinski definition) is 9. The molecule has 3 aromatic rings. The molecule has 1 saturated heterocycles. The summed E-state index contributed by atoms with van der Waals surface area (Å²) in [5.41, 5.74) is 6.98. The van der Waals surface area contributed by atoms with Crippen molar-refractivity contribution in [2.75, 3.05) is 36.1 Å². The van der Waals surface area contributed by atoms with Crippen molar-refractivity contribution in [2.24, 2.45) is 0 Å². The van der Waals surface area contributed by atoms with Crippen LogP contribution in [0.1, 0.15) is 24.8 Å². The normalized spacial score (nSPS) is 13.0. The average molecular weight is 421 g/mol. The first-order valence-corrected chi connectivity index (χ1v) is 9.65. The number of nitrogen functional groups attached to an aromatic ring is 1. The van der Waals surface area contributed by atoms with E-state index in [1.807, 2.05) is 18.2 Å². The molecule has 31 heavy (non-hydrogen) atoms. The third kappa shape index (κ3) is 5.45. The number of carbonyl (C=O) groups excluding carboxylic acids is 1. The molecular weight excluding hydrogens is 398 g/mol.